The largest absolute Gasteiger partial charge is 0.390 e. The Labute approximate surface area is 118 Å². The van der Waals surface area contributed by atoms with Crippen LogP contribution in [0.25, 0.3) is 0 Å². The van der Waals surface area contributed by atoms with Crippen LogP contribution in [0, 0.1) is 5.92 Å². The number of nitrogens with one attached hydrogen (secondary N) is 1. The number of hydrogen-bond donors (Lipinski definition) is 2. The first-order valence-electron chi connectivity index (χ1n) is 6.59. The van der Waals surface area contributed by atoms with Gasteiger partial charge in [0.1, 0.15) is 0 Å². The summed E-state index contributed by atoms with van der Waals surface area (Å²) in [5.74, 6) is 0.496. The first-order valence-corrected chi connectivity index (χ1v) is 7.47. The van der Waals surface area contributed by atoms with Gasteiger partial charge in [0.25, 0.3) is 0 Å². The Balaban J connectivity index is 1.85. The van der Waals surface area contributed by atoms with Crippen molar-refractivity contribution in [2.24, 2.45) is 5.92 Å². The van der Waals surface area contributed by atoms with Gasteiger partial charge in [0.05, 0.1) is 12.6 Å². The molecule has 0 saturated carbocycles. The zero-order valence-electron chi connectivity index (χ0n) is 11.4. The molecule has 2 rings (SSSR count). The van der Waals surface area contributed by atoms with Crippen molar-refractivity contribution in [1.29, 1.82) is 0 Å². The molecule has 2 unspecified atom stereocenters. The molecular weight excluding hydrogens is 258 g/mol. The van der Waals surface area contributed by atoms with Gasteiger partial charge in [-0.2, -0.15) is 5.10 Å². The maximum absolute atomic E-state index is 10.0. The normalized spacial score (nSPS) is 14.7. The van der Waals surface area contributed by atoms with Crippen molar-refractivity contribution in [3.05, 3.63) is 40.8 Å². The summed E-state index contributed by atoms with van der Waals surface area (Å²) in [4.78, 5) is 1.32. The molecule has 5 heteroatoms. The summed E-state index contributed by atoms with van der Waals surface area (Å²) >= 11 is 1.75. The molecule has 0 bridgehead atoms. The molecule has 0 amide bonds. The Morgan fingerprint density at radius 1 is 1.42 bits per heavy atom. The molecule has 2 aromatic heterocycles. The summed E-state index contributed by atoms with van der Waals surface area (Å²) in [5, 5.41) is 19.7. The van der Waals surface area contributed by atoms with Gasteiger partial charge in [0.15, 0.2) is 0 Å². The van der Waals surface area contributed by atoms with E-state index in [1.807, 2.05) is 12.3 Å². The Hall–Kier alpha value is -1.17. The standard InChI is InChI=1S/C14H21N3OS/c1-11(2)14(13-5-3-8-19-13)15-9-12(18)10-17-7-4-6-16-17/h3-8,11-12,14-15,18H,9-10H2,1-2H3. The topological polar surface area (TPSA) is 50.1 Å². The van der Waals surface area contributed by atoms with Gasteiger partial charge in [-0.15, -0.1) is 11.3 Å². The van der Waals surface area contributed by atoms with E-state index in [9.17, 15) is 5.11 Å². The predicted molar refractivity (Wildman–Crippen MR) is 78.1 cm³/mol. The minimum atomic E-state index is -0.430. The lowest BCUT2D eigenvalue weighted by Gasteiger charge is -2.23. The van der Waals surface area contributed by atoms with E-state index in [-0.39, 0.29) is 0 Å². The molecule has 2 atom stereocenters. The highest BCUT2D eigenvalue weighted by molar-refractivity contribution is 7.10. The second kappa shape index (κ2) is 6.84. The van der Waals surface area contributed by atoms with Gasteiger partial charge in [0.2, 0.25) is 0 Å². The van der Waals surface area contributed by atoms with Crippen molar-refractivity contribution in [3.8, 4) is 0 Å². The predicted octanol–water partition coefficient (Wildman–Crippen LogP) is 2.29. The molecule has 0 saturated heterocycles. The van der Waals surface area contributed by atoms with Crippen molar-refractivity contribution in [2.45, 2.75) is 32.5 Å². The molecule has 104 valence electrons. The third-order valence-corrected chi connectivity index (χ3v) is 4.00. The average Bonchev–Trinajstić information content (AvgIpc) is 3.01. The molecule has 0 radical (unpaired) electrons. The maximum atomic E-state index is 10.0. The number of rotatable bonds is 7. The maximum Gasteiger partial charge on any atom is 0.0860 e. The summed E-state index contributed by atoms with van der Waals surface area (Å²) in [6.45, 7) is 5.48. The Morgan fingerprint density at radius 2 is 2.26 bits per heavy atom. The molecule has 0 aliphatic carbocycles. The summed E-state index contributed by atoms with van der Waals surface area (Å²) in [7, 11) is 0. The van der Waals surface area contributed by atoms with Gasteiger partial charge in [-0.05, 0) is 23.4 Å². The van der Waals surface area contributed by atoms with Crippen LogP contribution in [-0.4, -0.2) is 27.5 Å². The van der Waals surface area contributed by atoms with E-state index in [0.29, 0.717) is 25.0 Å². The van der Waals surface area contributed by atoms with Gasteiger partial charge in [0, 0.05) is 29.9 Å². The first-order chi connectivity index (χ1) is 9.16. The van der Waals surface area contributed by atoms with Gasteiger partial charge < -0.3 is 10.4 Å². The lowest BCUT2D eigenvalue weighted by Crippen LogP contribution is -2.34. The number of thiophene rings is 1. The second-order valence-electron chi connectivity index (χ2n) is 5.03. The van der Waals surface area contributed by atoms with Crippen LogP contribution < -0.4 is 5.32 Å². The van der Waals surface area contributed by atoms with E-state index < -0.39 is 6.10 Å². The second-order valence-corrected chi connectivity index (χ2v) is 6.01. The lowest BCUT2D eigenvalue weighted by molar-refractivity contribution is 0.140. The fraction of sp³-hybridized carbons (Fsp3) is 0.500. The van der Waals surface area contributed by atoms with Gasteiger partial charge in [-0.25, -0.2) is 0 Å². The SMILES string of the molecule is CC(C)C(NCC(O)Cn1cccn1)c1cccs1. The van der Waals surface area contributed by atoms with Crippen LogP contribution >= 0.6 is 11.3 Å². The van der Waals surface area contributed by atoms with Crippen LogP contribution in [0.15, 0.2) is 36.0 Å². The fourth-order valence-electron chi connectivity index (χ4n) is 2.08. The molecule has 4 nitrogen and oxygen atoms in total. The molecule has 2 aromatic rings. The summed E-state index contributed by atoms with van der Waals surface area (Å²) in [6, 6.07) is 6.37. The Kier molecular flexibility index (Phi) is 5.13. The third kappa shape index (κ3) is 4.16. The van der Waals surface area contributed by atoms with Gasteiger partial charge in [-0.1, -0.05) is 19.9 Å². The number of aliphatic hydroxyl groups excluding tert-OH is 1. The molecular formula is C14H21N3OS. The van der Waals surface area contributed by atoms with E-state index >= 15 is 0 Å². The zero-order chi connectivity index (χ0) is 13.7. The Bertz CT molecular complexity index is 453. The van der Waals surface area contributed by atoms with Crippen LogP contribution in [-0.2, 0) is 6.54 Å². The number of nitrogens with zero attached hydrogens (tertiary/aromatic N) is 2. The van der Waals surface area contributed by atoms with E-state index in [4.69, 9.17) is 0 Å². The monoisotopic (exact) mass is 279 g/mol. The highest BCUT2D eigenvalue weighted by Crippen LogP contribution is 2.25. The fourth-order valence-corrected chi connectivity index (χ4v) is 3.06. The van der Waals surface area contributed by atoms with Crippen LogP contribution in [0.3, 0.4) is 0 Å². The first kappa shape index (κ1) is 14.2. The van der Waals surface area contributed by atoms with Crippen LogP contribution in [0.5, 0.6) is 0 Å². The highest BCUT2D eigenvalue weighted by atomic mass is 32.1. The van der Waals surface area contributed by atoms with Crippen LogP contribution in [0.4, 0.5) is 0 Å². The Morgan fingerprint density at radius 3 is 2.84 bits per heavy atom. The molecule has 0 spiro atoms. The molecule has 0 aromatic carbocycles. The van der Waals surface area contributed by atoms with Crippen molar-refractivity contribution in [2.75, 3.05) is 6.54 Å². The molecule has 2 heterocycles. The minimum absolute atomic E-state index is 0.298. The number of aromatic nitrogens is 2. The summed E-state index contributed by atoms with van der Waals surface area (Å²) in [6.07, 6.45) is 3.16. The van der Waals surface area contributed by atoms with E-state index in [0.717, 1.165) is 0 Å². The quantitative estimate of drug-likeness (QED) is 0.817. The lowest BCUT2D eigenvalue weighted by atomic mass is 10.0. The summed E-state index contributed by atoms with van der Waals surface area (Å²) in [5.41, 5.74) is 0. The minimum Gasteiger partial charge on any atom is -0.390 e. The average molecular weight is 279 g/mol. The van der Waals surface area contributed by atoms with Crippen molar-refractivity contribution in [1.82, 2.24) is 15.1 Å². The van der Waals surface area contributed by atoms with Crippen LogP contribution in [0.1, 0.15) is 24.8 Å². The molecule has 19 heavy (non-hydrogen) atoms. The molecule has 0 fully saturated rings. The zero-order valence-corrected chi connectivity index (χ0v) is 12.2. The molecule has 0 aliphatic rings. The molecule has 2 N–H and O–H groups in total. The highest BCUT2D eigenvalue weighted by Gasteiger charge is 2.17. The smallest absolute Gasteiger partial charge is 0.0860 e. The summed E-state index contributed by atoms with van der Waals surface area (Å²) < 4.78 is 1.75. The van der Waals surface area contributed by atoms with Crippen molar-refractivity contribution < 1.29 is 5.11 Å². The number of hydrogen-bond acceptors (Lipinski definition) is 4. The van der Waals surface area contributed by atoms with Crippen LogP contribution in [0.2, 0.25) is 0 Å². The number of aliphatic hydroxyl groups is 1. The van der Waals surface area contributed by atoms with Crippen molar-refractivity contribution >= 4 is 11.3 Å². The van der Waals surface area contributed by atoms with E-state index in [2.05, 4.69) is 41.8 Å². The van der Waals surface area contributed by atoms with Gasteiger partial charge >= 0.3 is 0 Å². The van der Waals surface area contributed by atoms with E-state index in [1.54, 1.807) is 22.2 Å². The third-order valence-electron chi connectivity index (χ3n) is 3.05. The molecule has 0 aliphatic heterocycles. The van der Waals surface area contributed by atoms with E-state index in [1.165, 1.54) is 4.88 Å². The van der Waals surface area contributed by atoms with Crippen molar-refractivity contribution in [3.63, 3.8) is 0 Å². The van der Waals surface area contributed by atoms with Gasteiger partial charge in [-0.3, -0.25) is 4.68 Å².